The molecular formula is C14H18ClNO5S. The van der Waals surface area contributed by atoms with Gasteiger partial charge in [0.1, 0.15) is 0 Å². The minimum absolute atomic E-state index is 0.0333. The maximum absolute atomic E-state index is 12.5. The van der Waals surface area contributed by atoms with Gasteiger partial charge in [-0.15, -0.1) is 0 Å². The van der Waals surface area contributed by atoms with Gasteiger partial charge >= 0.3 is 5.97 Å². The van der Waals surface area contributed by atoms with E-state index in [0.717, 1.165) is 0 Å². The van der Waals surface area contributed by atoms with Crippen molar-refractivity contribution in [1.82, 2.24) is 4.31 Å². The van der Waals surface area contributed by atoms with Crippen molar-refractivity contribution < 1.29 is 23.1 Å². The lowest BCUT2D eigenvalue weighted by atomic mass is 10.1. The van der Waals surface area contributed by atoms with E-state index in [4.69, 9.17) is 21.4 Å². The normalized spacial score (nSPS) is 17.7. The number of hydrogen-bond acceptors (Lipinski definition) is 4. The number of nitrogens with zero attached hydrogens (tertiary/aromatic N) is 1. The number of sulfonamides is 1. The second kappa shape index (κ2) is 6.95. The summed E-state index contributed by atoms with van der Waals surface area (Å²) in [6.07, 6.45) is 0.896. The maximum atomic E-state index is 12.5. The summed E-state index contributed by atoms with van der Waals surface area (Å²) in [4.78, 5) is 10.7. The average Bonchev–Trinajstić information content (AvgIpc) is 3.21. The quantitative estimate of drug-likeness (QED) is 0.724. The lowest BCUT2D eigenvalue weighted by Crippen LogP contribution is -2.30. The number of likely N-dealkylation sites (N-methyl/N-ethyl adjacent to an activating group) is 1. The fourth-order valence-electron chi connectivity index (χ4n) is 2.10. The molecule has 1 fully saturated rings. The zero-order valence-corrected chi connectivity index (χ0v) is 13.7. The van der Waals surface area contributed by atoms with Crippen LogP contribution < -0.4 is 0 Å². The molecule has 1 atom stereocenters. The summed E-state index contributed by atoms with van der Waals surface area (Å²) in [5.41, 5.74) is 0.711. The van der Waals surface area contributed by atoms with E-state index in [2.05, 4.69) is 0 Å². The summed E-state index contributed by atoms with van der Waals surface area (Å²) in [6, 6.07) is 4.61. The van der Waals surface area contributed by atoms with Gasteiger partial charge in [0.15, 0.2) is 0 Å². The minimum atomic E-state index is -3.63. The van der Waals surface area contributed by atoms with E-state index in [1.807, 2.05) is 0 Å². The van der Waals surface area contributed by atoms with Crippen LogP contribution in [0, 0.1) is 0 Å². The van der Waals surface area contributed by atoms with Crippen LogP contribution >= 0.6 is 11.6 Å². The van der Waals surface area contributed by atoms with Crippen molar-refractivity contribution >= 4 is 27.6 Å². The first-order chi connectivity index (χ1) is 10.3. The molecule has 1 N–H and O–H groups in total. The molecule has 0 radical (unpaired) electrons. The number of rotatable bonds is 8. The first-order valence-corrected chi connectivity index (χ1v) is 8.70. The Balaban J connectivity index is 2.15. The van der Waals surface area contributed by atoms with Crippen LogP contribution in [0.1, 0.15) is 18.4 Å². The van der Waals surface area contributed by atoms with Crippen molar-refractivity contribution in [3.63, 3.8) is 0 Å². The summed E-state index contributed by atoms with van der Waals surface area (Å²) >= 11 is 6.00. The van der Waals surface area contributed by atoms with Gasteiger partial charge in [0.2, 0.25) is 10.0 Å². The number of hydrogen-bond donors (Lipinski definition) is 1. The molecule has 1 unspecified atom stereocenters. The van der Waals surface area contributed by atoms with E-state index in [1.165, 1.54) is 17.4 Å². The van der Waals surface area contributed by atoms with Crippen LogP contribution in [-0.4, -0.2) is 50.1 Å². The van der Waals surface area contributed by atoms with Crippen LogP contribution in [0.5, 0.6) is 0 Å². The molecule has 1 aromatic carbocycles. The monoisotopic (exact) mass is 347 g/mol. The zero-order valence-electron chi connectivity index (χ0n) is 12.2. The number of aliphatic carboxylic acids is 1. The Labute approximate surface area is 134 Å². The molecule has 1 saturated heterocycles. The third kappa shape index (κ3) is 4.67. The topological polar surface area (TPSA) is 87.2 Å². The minimum Gasteiger partial charge on any atom is -0.481 e. The predicted molar refractivity (Wildman–Crippen MR) is 81.6 cm³/mol. The van der Waals surface area contributed by atoms with E-state index in [9.17, 15) is 13.2 Å². The lowest BCUT2D eigenvalue weighted by Gasteiger charge is -2.17. The Kier molecular flexibility index (Phi) is 5.44. The summed E-state index contributed by atoms with van der Waals surface area (Å²) in [5, 5.41) is 8.97. The van der Waals surface area contributed by atoms with Crippen LogP contribution in [0.15, 0.2) is 23.1 Å². The van der Waals surface area contributed by atoms with Gasteiger partial charge in [0, 0.05) is 25.0 Å². The van der Waals surface area contributed by atoms with Gasteiger partial charge in [-0.3, -0.25) is 4.79 Å². The SMILES string of the molecule is CN(CC1CO1)S(=O)(=O)c1cc(Cl)cc(CCCC(=O)O)c1. The highest BCUT2D eigenvalue weighted by atomic mass is 35.5. The third-order valence-electron chi connectivity index (χ3n) is 3.36. The maximum Gasteiger partial charge on any atom is 0.303 e. The highest BCUT2D eigenvalue weighted by Gasteiger charge is 2.30. The van der Waals surface area contributed by atoms with Crippen LogP contribution in [0.25, 0.3) is 0 Å². The Hall–Kier alpha value is -1.15. The van der Waals surface area contributed by atoms with Gasteiger partial charge < -0.3 is 9.84 Å². The van der Waals surface area contributed by atoms with E-state index >= 15 is 0 Å². The molecule has 2 rings (SSSR count). The third-order valence-corrected chi connectivity index (χ3v) is 5.38. The number of carbonyl (C=O) groups is 1. The zero-order chi connectivity index (χ0) is 16.3. The highest BCUT2D eigenvalue weighted by molar-refractivity contribution is 7.89. The molecule has 0 spiro atoms. The van der Waals surface area contributed by atoms with Crippen LogP contribution in [-0.2, 0) is 26.0 Å². The van der Waals surface area contributed by atoms with Crippen molar-refractivity contribution in [3.8, 4) is 0 Å². The molecule has 1 aliphatic heterocycles. The molecular weight excluding hydrogens is 330 g/mol. The average molecular weight is 348 g/mol. The van der Waals surface area contributed by atoms with Gasteiger partial charge in [0.25, 0.3) is 0 Å². The molecule has 8 heteroatoms. The summed E-state index contributed by atoms with van der Waals surface area (Å²) < 4.78 is 31.3. The second-order valence-electron chi connectivity index (χ2n) is 5.28. The number of ether oxygens (including phenoxy) is 1. The second-order valence-corrected chi connectivity index (χ2v) is 7.76. The Morgan fingerprint density at radius 1 is 1.45 bits per heavy atom. The molecule has 0 aromatic heterocycles. The summed E-state index contributed by atoms with van der Waals surface area (Å²) in [6.45, 7) is 0.888. The number of aryl methyl sites for hydroxylation is 1. The van der Waals surface area contributed by atoms with Crippen LogP contribution in [0.4, 0.5) is 0 Å². The smallest absolute Gasteiger partial charge is 0.303 e. The molecule has 1 aliphatic rings. The molecule has 6 nitrogen and oxygen atoms in total. The first kappa shape index (κ1) is 17.2. The van der Waals surface area contributed by atoms with E-state index < -0.39 is 16.0 Å². The molecule has 1 aromatic rings. The molecule has 1 heterocycles. The molecule has 0 amide bonds. The highest BCUT2D eigenvalue weighted by Crippen LogP contribution is 2.24. The van der Waals surface area contributed by atoms with Crippen molar-refractivity contribution in [3.05, 3.63) is 28.8 Å². The molecule has 0 aliphatic carbocycles. The van der Waals surface area contributed by atoms with Crippen LogP contribution in [0.3, 0.4) is 0 Å². The van der Waals surface area contributed by atoms with Gasteiger partial charge in [-0.05, 0) is 36.6 Å². The van der Waals surface area contributed by atoms with E-state index in [1.54, 1.807) is 12.1 Å². The fraction of sp³-hybridized carbons (Fsp3) is 0.500. The molecule has 0 saturated carbocycles. The van der Waals surface area contributed by atoms with Crippen molar-refractivity contribution in [2.24, 2.45) is 0 Å². The van der Waals surface area contributed by atoms with E-state index in [-0.39, 0.29) is 17.4 Å². The van der Waals surface area contributed by atoms with Crippen molar-refractivity contribution in [2.75, 3.05) is 20.2 Å². The fourth-order valence-corrected chi connectivity index (χ4v) is 3.72. The number of carboxylic acid groups (broad SMARTS) is 1. The van der Waals surface area contributed by atoms with Crippen LogP contribution in [0.2, 0.25) is 5.02 Å². The molecule has 22 heavy (non-hydrogen) atoms. The van der Waals surface area contributed by atoms with Gasteiger partial charge in [-0.1, -0.05) is 11.6 Å². The van der Waals surface area contributed by atoms with Crippen molar-refractivity contribution in [1.29, 1.82) is 0 Å². The number of halogens is 1. The number of carboxylic acids is 1. The van der Waals surface area contributed by atoms with E-state index in [0.29, 0.717) is 36.6 Å². The Morgan fingerprint density at radius 2 is 2.14 bits per heavy atom. The van der Waals surface area contributed by atoms with Gasteiger partial charge in [-0.25, -0.2) is 8.42 Å². The predicted octanol–water partition coefficient (Wildman–Crippen LogP) is 1.77. The summed E-state index contributed by atoms with van der Waals surface area (Å²) in [7, 11) is -2.13. The number of epoxide rings is 1. The Bertz CT molecular complexity index is 657. The lowest BCUT2D eigenvalue weighted by molar-refractivity contribution is -0.137. The van der Waals surface area contributed by atoms with Crippen molar-refractivity contribution in [2.45, 2.75) is 30.3 Å². The van der Waals surface area contributed by atoms with Gasteiger partial charge in [0.05, 0.1) is 17.6 Å². The van der Waals surface area contributed by atoms with Gasteiger partial charge in [-0.2, -0.15) is 4.31 Å². The summed E-state index contributed by atoms with van der Waals surface area (Å²) in [5.74, 6) is -0.876. The number of benzene rings is 1. The standard InChI is InChI=1S/C14H18ClNO5S/c1-16(8-12-9-21-12)22(19,20)13-6-10(5-11(15)7-13)3-2-4-14(17)18/h5-7,12H,2-4,8-9H2,1H3,(H,17,18). The largest absolute Gasteiger partial charge is 0.481 e. The first-order valence-electron chi connectivity index (χ1n) is 6.88. The molecule has 122 valence electrons. The Morgan fingerprint density at radius 3 is 2.73 bits per heavy atom. The molecule has 0 bridgehead atoms.